The molecule has 1 saturated heterocycles. The van der Waals surface area contributed by atoms with Crippen molar-refractivity contribution in [3.8, 4) is 5.75 Å². The van der Waals surface area contributed by atoms with Crippen molar-refractivity contribution in [1.29, 1.82) is 0 Å². The SMILES string of the molecule is C[C@H]1CC[C@@H](Oc2ccc3cc(C[C@@]4(CC(=O)O)CCCNC4)ccc3c2C(F)F)CC1. The zero-order valence-corrected chi connectivity index (χ0v) is 18.7. The Morgan fingerprint density at radius 2 is 2.00 bits per heavy atom. The maximum absolute atomic E-state index is 14.1. The molecule has 2 aromatic carbocycles. The number of halogens is 2. The molecule has 0 amide bonds. The highest BCUT2D eigenvalue weighted by molar-refractivity contribution is 5.88. The van der Waals surface area contributed by atoms with Gasteiger partial charge in [-0.25, -0.2) is 8.78 Å². The maximum atomic E-state index is 14.1. The first-order valence-corrected chi connectivity index (χ1v) is 11.8. The van der Waals surface area contributed by atoms with Gasteiger partial charge in [-0.1, -0.05) is 31.2 Å². The molecular formula is C26H33F2NO3. The maximum Gasteiger partial charge on any atom is 0.303 e. The van der Waals surface area contributed by atoms with Crippen molar-refractivity contribution in [2.45, 2.75) is 70.8 Å². The highest BCUT2D eigenvalue weighted by atomic mass is 19.3. The lowest BCUT2D eigenvalue weighted by atomic mass is 9.73. The number of nitrogens with one attached hydrogen (secondary N) is 1. The largest absolute Gasteiger partial charge is 0.490 e. The summed E-state index contributed by atoms with van der Waals surface area (Å²) in [5, 5.41) is 14.0. The molecule has 0 radical (unpaired) electrons. The van der Waals surface area contributed by atoms with Crippen LogP contribution >= 0.6 is 0 Å². The first kappa shape index (κ1) is 23.0. The molecule has 0 spiro atoms. The van der Waals surface area contributed by atoms with Crippen molar-refractivity contribution >= 4 is 16.7 Å². The Labute approximate surface area is 188 Å². The van der Waals surface area contributed by atoms with Crippen LogP contribution in [0.3, 0.4) is 0 Å². The fourth-order valence-electron chi connectivity index (χ4n) is 5.50. The number of fused-ring (bicyclic) bond motifs is 1. The van der Waals surface area contributed by atoms with E-state index in [1.807, 2.05) is 18.2 Å². The topological polar surface area (TPSA) is 58.6 Å². The number of carboxylic acid groups (broad SMARTS) is 1. The molecule has 1 atom stereocenters. The Morgan fingerprint density at radius 3 is 2.66 bits per heavy atom. The molecule has 2 fully saturated rings. The zero-order valence-electron chi connectivity index (χ0n) is 18.7. The van der Waals surface area contributed by atoms with Gasteiger partial charge in [0, 0.05) is 6.54 Å². The smallest absolute Gasteiger partial charge is 0.303 e. The minimum atomic E-state index is -2.62. The van der Waals surface area contributed by atoms with Crippen molar-refractivity contribution in [2.75, 3.05) is 13.1 Å². The number of piperidine rings is 1. The van der Waals surface area contributed by atoms with Gasteiger partial charge in [0.1, 0.15) is 5.75 Å². The highest BCUT2D eigenvalue weighted by Crippen LogP contribution is 2.40. The molecule has 4 rings (SSSR count). The summed E-state index contributed by atoms with van der Waals surface area (Å²) in [5.74, 6) is 0.162. The fourth-order valence-corrected chi connectivity index (χ4v) is 5.50. The summed E-state index contributed by atoms with van der Waals surface area (Å²) in [5.41, 5.74) is 0.606. The summed E-state index contributed by atoms with van der Waals surface area (Å²) in [7, 11) is 0. The zero-order chi connectivity index (χ0) is 22.7. The van der Waals surface area contributed by atoms with Gasteiger partial charge in [-0.15, -0.1) is 0 Å². The molecule has 0 aromatic heterocycles. The second-order valence-electron chi connectivity index (χ2n) is 9.86. The van der Waals surface area contributed by atoms with Crippen LogP contribution < -0.4 is 10.1 Å². The summed E-state index contributed by atoms with van der Waals surface area (Å²) < 4.78 is 34.3. The van der Waals surface area contributed by atoms with E-state index < -0.39 is 12.4 Å². The van der Waals surface area contributed by atoms with Gasteiger partial charge in [0.2, 0.25) is 0 Å². The Hall–Kier alpha value is -2.21. The van der Waals surface area contributed by atoms with Crippen molar-refractivity contribution in [2.24, 2.45) is 11.3 Å². The van der Waals surface area contributed by atoms with Crippen LogP contribution in [0.25, 0.3) is 10.8 Å². The predicted molar refractivity (Wildman–Crippen MR) is 121 cm³/mol. The van der Waals surface area contributed by atoms with Crippen LogP contribution in [0.5, 0.6) is 5.75 Å². The third-order valence-electron chi connectivity index (χ3n) is 7.23. The van der Waals surface area contributed by atoms with E-state index >= 15 is 0 Å². The molecule has 2 aromatic rings. The molecule has 174 valence electrons. The molecule has 6 heteroatoms. The van der Waals surface area contributed by atoms with Crippen molar-refractivity contribution in [3.63, 3.8) is 0 Å². The van der Waals surface area contributed by atoms with Crippen molar-refractivity contribution in [3.05, 3.63) is 41.5 Å². The Kier molecular flexibility index (Phi) is 6.99. The van der Waals surface area contributed by atoms with Gasteiger partial charge in [-0.2, -0.15) is 0 Å². The van der Waals surface area contributed by atoms with E-state index in [9.17, 15) is 18.7 Å². The molecule has 1 aliphatic carbocycles. The number of alkyl halides is 2. The molecule has 1 saturated carbocycles. The molecule has 1 heterocycles. The third-order valence-corrected chi connectivity index (χ3v) is 7.23. The van der Waals surface area contributed by atoms with Crippen LogP contribution in [0.4, 0.5) is 8.78 Å². The predicted octanol–water partition coefficient (Wildman–Crippen LogP) is 6.12. The second kappa shape index (κ2) is 9.74. The lowest BCUT2D eigenvalue weighted by Gasteiger charge is -2.37. The lowest BCUT2D eigenvalue weighted by Crippen LogP contribution is -2.42. The number of carboxylic acids is 1. The summed E-state index contributed by atoms with van der Waals surface area (Å²) in [6, 6.07) is 9.10. The fraction of sp³-hybridized carbons (Fsp3) is 0.577. The van der Waals surface area contributed by atoms with E-state index in [0.29, 0.717) is 30.0 Å². The number of carbonyl (C=O) groups is 1. The lowest BCUT2D eigenvalue weighted by molar-refractivity contribution is -0.140. The number of benzene rings is 2. The molecule has 2 N–H and O–H groups in total. The Bertz CT molecular complexity index is 947. The summed E-state index contributed by atoms with van der Waals surface area (Å²) >= 11 is 0. The van der Waals surface area contributed by atoms with Gasteiger partial charge in [0.05, 0.1) is 18.1 Å². The number of ether oxygens (including phenoxy) is 1. The van der Waals surface area contributed by atoms with E-state index in [4.69, 9.17) is 4.74 Å². The van der Waals surface area contributed by atoms with Crippen LogP contribution in [-0.2, 0) is 11.2 Å². The Balaban J connectivity index is 1.61. The minimum absolute atomic E-state index is 0.00454. The number of aliphatic carboxylic acids is 1. The van der Waals surface area contributed by atoms with E-state index in [1.165, 1.54) is 0 Å². The van der Waals surface area contributed by atoms with Crippen LogP contribution in [0.15, 0.2) is 30.3 Å². The van der Waals surface area contributed by atoms with Gasteiger partial charge in [-0.3, -0.25) is 4.79 Å². The number of hydrogen-bond acceptors (Lipinski definition) is 3. The molecule has 32 heavy (non-hydrogen) atoms. The normalized spacial score (nSPS) is 26.4. The van der Waals surface area contributed by atoms with Gasteiger partial charge in [-0.05, 0) is 85.2 Å². The van der Waals surface area contributed by atoms with Gasteiger partial charge in [0.25, 0.3) is 6.43 Å². The molecule has 2 aliphatic rings. The van der Waals surface area contributed by atoms with Crippen LogP contribution in [0.1, 0.15) is 69.4 Å². The van der Waals surface area contributed by atoms with Crippen LogP contribution in [0.2, 0.25) is 0 Å². The monoisotopic (exact) mass is 445 g/mol. The van der Waals surface area contributed by atoms with Crippen LogP contribution in [-0.4, -0.2) is 30.3 Å². The molecular weight excluding hydrogens is 412 g/mol. The van der Waals surface area contributed by atoms with E-state index in [2.05, 4.69) is 12.2 Å². The average molecular weight is 446 g/mol. The molecule has 0 unspecified atom stereocenters. The van der Waals surface area contributed by atoms with E-state index in [0.717, 1.165) is 56.0 Å². The number of hydrogen-bond donors (Lipinski definition) is 2. The minimum Gasteiger partial charge on any atom is -0.490 e. The number of rotatable bonds is 7. The van der Waals surface area contributed by atoms with Crippen molar-refractivity contribution < 1.29 is 23.4 Å². The third kappa shape index (κ3) is 5.22. The molecule has 4 nitrogen and oxygen atoms in total. The van der Waals surface area contributed by atoms with Crippen LogP contribution in [0, 0.1) is 11.3 Å². The Morgan fingerprint density at radius 1 is 1.22 bits per heavy atom. The standard InChI is InChI=1S/C26H33F2NO3/c1-17-3-7-20(8-4-17)32-22-10-6-19-13-18(5-9-21(19)24(22)25(27)28)14-26(15-23(30)31)11-2-12-29-16-26/h5-6,9-10,13,17,20,25,29H,2-4,7-8,11-12,14-16H2,1H3,(H,30,31)/t17-,20+,26-/m1/s1. The first-order valence-electron chi connectivity index (χ1n) is 11.8. The van der Waals surface area contributed by atoms with E-state index in [1.54, 1.807) is 12.1 Å². The highest BCUT2D eigenvalue weighted by Gasteiger charge is 2.34. The first-order chi connectivity index (χ1) is 15.3. The van der Waals surface area contributed by atoms with Crippen molar-refractivity contribution in [1.82, 2.24) is 5.32 Å². The quantitative estimate of drug-likeness (QED) is 0.539. The van der Waals surface area contributed by atoms with Gasteiger partial charge < -0.3 is 15.2 Å². The summed E-state index contributed by atoms with van der Waals surface area (Å²) in [6.07, 6.45) is 3.82. The average Bonchev–Trinajstić information content (AvgIpc) is 2.75. The summed E-state index contributed by atoms with van der Waals surface area (Å²) in [6.45, 7) is 3.78. The van der Waals surface area contributed by atoms with E-state index in [-0.39, 0.29) is 23.5 Å². The van der Waals surface area contributed by atoms with Gasteiger partial charge in [0.15, 0.2) is 0 Å². The van der Waals surface area contributed by atoms with Gasteiger partial charge >= 0.3 is 5.97 Å². The molecule has 0 bridgehead atoms. The summed E-state index contributed by atoms with van der Waals surface area (Å²) in [4.78, 5) is 11.5. The molecule has 1 aliphatic heterocycles. The second-order valence-corrected chi connectivity index (χ2v) is 9.86.